The van der Waals surface area contributed by atoms with Gasteiger partial charge in [0.25, 0.3) is 11.8 Å². The van der Waals surface area contributed by atoms with Crippen molar-refractivity contribution in [3.63, 3.8) is 0 Å². The number of rotatable bonds is 11. The van der Waals surface area contributed by atoms with Crippen LogP contribution in [0.2, 0.25) is 10.0 Å². The molecule has 0 heterocycles. The SMILES string of the molecule is CC(=O)C(N=Nc1ccc(-c2cc(Cl)c(N=NC(C(C)=O)C(=O)Nc3cc(C)cc(C)c3)c(Cl)c2)cc1)C(=O)Nc1cc(C)cc(C)c1. The number of hydrogen-bond acceptors (Lipinski definition) is 8. The second-order valence-corrected chi connectivity index (χ2v) is 12.3. The fraction of sp³-hybridized carbons (Fsp3) is 0.222. The van der Waals surface area contributed by atoms with Gasteiger partial charge in [-0.1, -0.05) is 47.5 Å². The number of carbonyl (C=O) groups is 4. The molecule has 12 heteroatoms. The first-order valence-corrected chi connectivity index (χ1v) is 15.7. The quantitative estimate of drug-likeness (QED) is 0.120. The van der Waals surface area contributed by atoms with Gasteiger partial charge in [0.1, 0.15) is 5.69 Å². The molecule has 0 radical (unpaired) electrons. The van der Waals surface area contributed by atoms with E-state index in [0.29, 0.717) is 22.6 Å². The van der Waals surface area contributed by atoms with E-state index in [2.05, 4.69) is 31.1 Å². The number of halogens is 2. The van der Waals surface area contributed by atoms with E-state index >= 15 is 0 Å². The molecule has 2 unspecified atom stereocenters. The number of azo groups is 2. The molecule has 246 valence electrons. The largest absolute Gasteiger partial charge is 0.324 e. The van der Waals surface area contributed by atoms with E-state index in [-0.39, 0.29) is 15.7 Å². The summed E-state index contributed by atoms with van der Waals surface area (Å²) >= 11 is 13.0. The lowest BCUT2D eigenvalue weighted by molar-refractivity contribution is -0.127. The second kappa shape index (κ2) is 15.7. The molecule has 2 N–H and O–H groups in total. The number of ketones is 2. The van der Waals surface area contributed by atoms with E-state index in [1.165, 1.54) is 13.8 Å². The molecule has 4 aromatic carbocycles. The van der Waals surface area contributed by atoms with Crippen LogP contribution < -0.4 is 10.6 Å². The fourth-order valence-electron chi connectivity index (χ4n) is 4.94. The molecule has 2 amide bonds. The molecule has 0 aliphatic rings. The Morgan fingerprint density at radius 3 is 1.35 bits per heavy atom. The maximum Gasteiger partial charge on any atom is 0.258 e. The van der Waals surface area contributed by atoms with Crippen LogP contribution in [0, 0.1) is 27.7 Å². The summed E-state index contributed by atoms with van der Waals surface area (Å²) in [6.45, 7) is 10.2. The van der Waals surface area contributed by atoms with E-state index in [9.17, 15) is 19.2 Å². The van der Waals surface area contributed by atoms with Gasteiger partial charge in [0.2, 0.25) is 12.1 Å². The molecule has 0 saturated heterocycles. The number of aryl methyl sites for hydroxylation is 4. The maximum atomic E-state index is 12.9. The summed E-state index contributed by atoms with van der Waals surface area (Å²) in [6, 6.07) is 18.5. The first-order valence-electron chi connectivity index (χ1n) is 14.9. The molecule has 10 nitrogen and oxygen atoms in total. The van der Waals surface area contributed by atoms with Crippen molar-refractivity contribution in [2.24, 2.45) is 20.5 Å². The Hall–Kier alpha value is -5.06. The van der Waals surface area contributed by atoms with Crippen molar-refractivity contribution >= 4 is 69.3 Å². The minimum absolute atomic E-state index is 0.104. The van der Waals surface area contributed by atoms with E-state index in [1.54, 1.807) is 48.5 Å². The zero-order valence-corrected chi connectivity index (χ0v) is 28.8. The van der Waals surface area contributed by atoms with Gasteiger partial charge in [0, 0.05) is 11.4 Å². The van der Waals surface area contributed by atoms with Gasteiger partial charge < -0.3 is 10.6 Å². The maximum absolute atomic E-state index is 12.9. The van der Waals surface area contributed by atoms with Crippen LogP contribution in [-0.2, 0) is 19.2 Å². The van der Waals surface area contributed by atoms with Crippen molar-refractivity contribution < 1.29 is 19.2 Å². The molecule has 48 heavy (non-hydrogen) atoms. The summed E-state index contributed by atoms with van der Waals surface area (Å²) in [5, 5.41) is 21.9. The standard InChI is InChI=1S/C36H34Cl2N6O4/c1-19-11-20(2)14-28(13-19)39-35(47)32(23(5)45)42-41-27-9-7-25(8-10-27)26-17-30(37)34(31(38)18-26)44-43-33(24(6)46)36(48)40-29-15-21(3)12-22(4)16-29/h7-18,32-33H,1-6H3,(H,39,47)(H,40,48). The highest BCUT2D eigenvalue weighted by atomic mass is 35.5. The number of amides is 2. The topological polar surface area (TPSA) is 142 Å². The molecule has 0 spiro atoms. The van der Waals surface area contributed by atoms with Crippen molar-refractivity contribution in [2.45, 2.75) is 53.6 Å². The van der Waals surface area contributed by atoms with Gasteiger partial charge in [0.05, 0.1) is 15.7 Å². The monoisotopic (exact) mass is 684 g/mol. The second-order valence-electron chi connectivity index (χ2n) is 11.5. The van der Waals surface area contributed by atoms with Crippen LogP contribution in [0.1, 0.15) is 36.1 Å². The first kappa shape index (κ1) is 35.8. The summed E-state index contributed by atoms with van der Waals surface area (Å²) in [7, 11) is 0. The van der Waals surface area contributed by atoms with Gasteiger partial charge in [-0.15, -0.1) is 0 Å². The highest BCUT2D eigenvalue weighted by molar-refractivity contribution is 6.39. The Kier molecular flexibility index (Phi) is 11.7. The van der Waals surface area contributed by atoms with E-state index in [4.69, 9.17) is 23.2 Å². The number of hydrogen-bond donors (Lipinski definition) is 2. The zero-order valence-electron chi connectivity index (χ0n) is 27.3. The number of benzene rings is 4. The minimum atomic E-state index is -1.40. The van der Waals surface area contributed by atoms with Crippen molar-refractivity contribution in [3.8, 4) is 11.1 Å². The summed E-state index contributed by atoms with van der Waals surface area (Å²) in [4.78, 5) is 50.2. The molecular weight excluding hydrogens is 651 g/mol. The lowest BCUT2D eigenvalue weighted by Crippen LogP contribution is -2.31. The third kappa shape index (κ3) is 9.49. The summed E-state index contributed by atoms with van der Waals surface area (Å²) in [5.41, 5.74) is 6.89. The lowest BCUT2D eigenvalue weighted by atomic mass is 10.0. The number of nitrogens with one attached hydrogen (secondary N) is 2. The Balaban J connectivity index is 1.47. The van der Waals surface area contributed by atoms with Gasteiger partial charge in [-0.05, 0) is 123 Å². The van der Waals surface area contributed by atoms with Crippen molar-refractivity contribution in [2.75, 3.05) is 10.6 Å². The smallest absolute Gasteiger partial charge is 0.258 e. The summed E-state index contributed by atoms with van der Waals surface area (Å²) in [5.74, 6) is -2.16. The average Bonchev–Trinajstić information content (AvgIpc) is 2.97. The van der Waals surface area contributed by atoms with Gasteiger partial charge in [-0.3, -0.25) is 19.2 Å². The van der Waals surface area contributed by atoms with Gasteiger partial charge in [-0.2, -0.15) is 20.5 Å². The van der Waals surface area contributed by atoms with Crippen LogP contribution in [0.15, 0.2) is 93.3 Å². The van der Waals surface area contributed by atoms with Crippen molar-refractivity contribution in [3.05, 3.63) is 105 Å². The minimum Gasteiger partial charge on any atom is -0.324 e. The molecule has 0 bridgehead atoms. The molecule has 0 aliphatic carbocycles. The number of nitrogens with zero attached hydrogens (tertiary/aromatic N) is 4. The molecule has 0 aliphatic heterocycles. The van der Waals surface area contributed by atoms with Crippen LogP contribution in [0.3, 0.4) is 0 Å². The lowest BCUT2D eigenvalue weighted by Gasteiger charge is -2.11. The highest BCUT2D eigenvalue weighted by Crippen LogP contribution is 2.38. The zero-order chi connectivity index (χ0) is 35.1. The third-order valence-electron chi connectivity index (χ3n) is 7.02. The molecule has 0 aromatic heterocycles. The predicted molar refractivity (Wildman–Crippen MR) is 189 cm³/mol. The first-order chi connectivity index (χ1) is 22.7. The Bertz CT molecular complexity index is 1890. The van der Waals surface area contributed by atoms with E-state index in [0.717, 1.165) is 27.8 Å². The van der Waals surface area contributed by atoms with Gasteiger partial charge in [-0.25, -0.2) is 0 Å². The van der Waals surface area contributed by atoms with Crippen molar-refractivity contribution in [1.82, 2.24) is 0 Å². The molecule has 4 aromatic rings. The van der Waals surface area contributed by atoms with Crippen LogP contribution in [0.4, 0.5) is 22.7 Å². The third-order valence-corrected chi connectivity index (χ3v) is 7.60. The summed E-state index contributed by atoms with van der Waals surface area (Å²) < 4.78 is 0. The molecule has 4 rings (SSSR count). The number of Topliss-reactive ketones (excluding diaryl/α,β-unsaturated/α-hetero) is 2. The fourth-order valence-corrected chi connectivity index (χ4v) is 5.50. The Labute approximate surface area is 288 Å². The molecular formula is C36H34Cl2N6O4. The Morgan fingerprint density at radius 2 is 0.958 bits per heavy atom. The molecule has 0 saturated carbocycles. The van der Waals surface area contributed by atoms with Crippen LogP contribution in [-0.4, -0.2) is 35.5 Å². The number of anilines is 2. The van der Waals surface area contributed by atoms with Crippen LogP contribution >= 0.6 is 23.2 Å². The highest BCUT2D eigenvalue weighted by Gasteiger charge is 2.25. The van der Waals surface area contributed by atoms with Crippen LogP contribution in [0.5, 0.6) is 0 Å². The van der Waals surface area contributed by atoms with Gasteiger partial charge in [0.15, 0.2) is 11.6 Å². The normalized spacial score (nSPS) is 12.6. The van der Waals surface area contributed by atoms with Crippen molar-refractivity contribution in [1.29, 1.82) is 0 Å². The average molecular weight is 686 g/mol. The summed E-state index contributed by atoms with van der Waals surface area (Å²) in [6.07, 6.45) is 0. The molecule has 2 atom stereocenters. The van der Waals surface area contributed by atoms with E-state index in [1.807, 2.05) is 52.0 Å². The van der Waals surface area contributed by atoms with Gasteiger partial charge >= 0.3 is 0 Å². The molecule has 0 fully saturated rings. The predicted octanol–water partition coefficient (Wildman–Crippen LogP) is 9.25. The van der Waals surface area contributed by atoms with E-state index < -0.39 is 35.5 Å². The Morgan fingerprint density at radius 1 is 0.562 bits per heavy atom. The van der Waals surface area contributed by atoms with Crippen LogP contribution in [0.25, 0.3) is 11.1 Å². The number of carbonyl (C=O) groups excluding carboxylic acids is 4.